The highest BCUT2D eigenvalue weighted by Crippen LogP contribution is 2.61. The zero-order valence-corrected chi connectivity index (χ0v) is 16.5. The monoisotopic (exact) mass is 398 g/mol. The number of amides is 1. The Hall–Kier alpha value is -2.35. The van der Waals surface area contributed by atoms with Crippen LogP contribution in [0.15, 0.2) is 18.2 Å². The number of rotatable bonds is 4. The molecule has 4 aliphatic carbocycles. The summed E-state index contributed by atoms with van der Waals surface area (Å²) in [6.07, 6.45) is 7.64. The number of anilines is 1. The maximum absolute atomic E-state index is 12.7. The molecule has 1 aromatic carbocycles. The molecule has 0 atom stereocenters. The Morgan fingerprint density at radius 1 is 1.18 bits per heavy atom. The molecule has 1 aromatic heterocycles. The largest absolute Gasteiger partial charge is 0.296 e. The summed E-state index contributed by atoms with van der Waals surface area (Å²) in [5.41, 5.74) is 0.483. The summed E-state index contributed by atoms with van der Waals surface area (Å²) in [6, 6.07) is 4.75. The van der Waals surface area contributed by atoms with Crippen molar-refractivity contribution in [3.63, 3.8) is 0 Å². The van der Waals surface area contributed by atoms with Gasteiger partial charge in [0.25, 0.3) is 11.6 Å². The van der Waals surface area contributed by atoms with Crippen LogP contribution in [0.3, 0.4) is 0 Å². The van der Waals surface area contributed by atoms with Crippen LogP contribution in [0.4, 0.5) is 10.8 Å². The van der Waals surface area contributed by atoms with E-state index in [4.69, 9.17) is 0 Å². The van der Waals surface area contributed by atoms with Crippen LogP contribution in [0.2, 0.25) is 0 Å². The number of nitro groups is 1. The highest BCUT2D eigenvalue weighted by molar-refractivity contribution is 7.15. The molecule has 2 aromatic rings. The molecule has 1 heterocycles. The quantitative estimate of drug-likeness (QED) is 0.605. The Morgan fingerprint density at radius 2 is 1.82 bits per heavy atom. The standard InChI is InChI=1S/C20H22N4O3S/c1-11-3-2-4-15(16(11)24(26)27)17(25)21-19-23-22-18(28-19)20-8-12-5-13(9-20)7-14(6-12)10-20/h2-4,12-14H,5-10H2,1H3,(H,21,23,25). The highest BCUT2D eigenvalue weighted by atomic mass is 32.1. The second-order valence-corrected chi connectivity index (χ2v) is 9.77. The van der Waals surface area contributed by atoms with Gasteiger partial charge in [-0.15, -0.1) is 10.2 Å². The van der Waals surface area contributed by atoms with Crippen molar-refractivity contribution in [3.8, 4) is 0 Å². The number of carbonyl (C=O) groups excluding carboxylic acids is 1. The number of nitrogens with zero attached hydrogens (tertiary/aromatic N) is 3. The second-order valence-electron chi connectivity index (χ2n) is 8.79. The molecule has 4 bridgehead atoms. The van der Waals surface area contributed by atoms with Gasteiger partial charge >= 0.3 is 0 Å². The van der Waals surface area contributed by atoms with Gasteiger partial charge in [0.05, 0.1) is 4.92 Å². The first kappa shape index (κ1) is 17.7. The van der Waals surface area contributed by atoms with Crippen LogP contribution < -0.4 is 5.32 Å². The van der Waals surface area contributed by atoms with Crippen LogP contribution in [0.25, 0.3) is 0 Å². The fraction of sp³-hybridized carbons (Fsp3) is 0.550. The molecule has 6 rings (SSSR count). The number of hydrogen-bond acceptors (Lipinski definition) is 6. The number of hydrogen-bond donors (Lipinski definition) is 1. The van der Waals surface area contributed by atoms with Gasteiger partial charge in [-0.25, -0.2) is 0 Å². The number of para-hydroxylation sites is 1. The lowest BCUT2D eigenvalue weighted by molar-refractivity contribution is -0.385. The molecule has 4 fully saturated rings. The van der Waals surface area contributed by atoms with E-state index in [1.807, 2.05) is 0 Å². The van der Waals surface area contributed by atoms with Crippen LogP contribution in [0, 0.1) is 34.8 Å². The van der Waals surface area contributed by atoms with E-state index in [1.165, 1.54) is 55.9 Å². The van der Waals surface area contributed by atoms with Crippen molar-refractivity contribution in [2.75, 3.05) is 5.32 Å². The predicted molar refractivity (Wildman–Crippen MR) is 106 cm³/mol. The Balaban J connectivity index is 1.39. The maximum Gasteiger partial charge on any atom is 0.285 e. The fourth-order valence-electron chi connectivity index (χ4n) is 6.11. The van der Waals surface area contributed by atoms with Crippen molar-refractivity contribution in [2.24, 2.45) is 17.8 Å². The zero-order valence-electron chi connectivity index (χ0n) is 15.7. The van der Waals surface area contributed by atoms with Crippen molar-refractivity contribution >= 4 is 28.1 Å². The number of aromatic nitrogens is 2. The molecule has 0 saturated heterocycles. The summed E-state index contributed by atoms with van der Waals surface area (Å²) >= 11 is 1.44. The zero-order chi connectivity index (χ0) is 19.5. The van der Waals surface area contributed by atoms with E-state index >= 15 is 0 Å². The molecular formula is C20H22N4O3S. The van der Waals surface area contributed by atoms with Gasteiger partial charge in [0.2, 0.25) is 5.13 Å². The molecule has 0 radical (unpaired) electrons. The van der Waals surface area contributed by atoms with Crippen LogP contribution in [0.5, 0.6) is 0 Å². The smallest absolute Gasteiger partial charge is 0.285 e. The minimum atomic E-state index is -0.511. The Kier molecular flexibility index (Phi) is 4.01. The lowest BCUT2D eigenvalue weighted by atomic mass is 9.50. The van der Waals surface area contributed by atoms with Gasteiger partial charge in [-0.2, -0.15) is 0 Å². The Labute approximate surface area is 166 Å². The van der Waals surface area contributed by atoms with Gasteiger partial charge < -0.3 is 0 Å². The lowest BCUT2D eigenvalue weighted by Gasteiger charge is -2.55. The number of benzene rings is 1. The van der Waals surface area contributed by atoms with E-state index in [0.717, 1.165) is 22.8 Å². The molecule has 8 heteroatoms. The molecule has 1 N–H and O–H groups in total. The minimum Gasteiger partial charge on any atom is -0.296 e. The Bertz CT molecular complexity index is 935. The molecule has 28 heavy (non-hydrogen) atoms. The van der Waals surface area contributed by atoms with E-state index in [0.29, 0.717) is 10.7 Å². The first-order valence-electron chi connectivity index (χ1n) is 9.83. The number of nitrogens with one attached hydrogen (secondary N) is 1. The number of aryl methyl sites for hydroxylation is 1. The predicted octanol–water partition coefficient (Wildman–Crippen LogP) is 4.47. The summed E-state index contributed by atoms with van der Waals surface area (Å²) in [6.45, 7) is 1.63. The van der Waals surface area contributed by atoms with Crippen LogP contribution in [-0.4, -0.2) is 21.0 Å². The summed E-state index contributed by atoms with van der Waals surface area (Å²) < 4.78 is 0. The van der Waals surface area contributed by atoms with Crippen molar-refractivity contribution < 1.29 is 9.72 Å². The summed E-state index contributed by atoms with van der Waals surface area (Å²) in [4.78, 5) is 23.5. The van der Waals surface area contributed by atoms with Gasteiger partial charge in [0.1, 0.15) is 10.6 Å². The molecule has 4 aliphatic rings. The average molecular weight is 398 g/mol. The van der Waals surface area contributed by atoms with E-state index in [-0.39, 0.29) is 16.7 Å². The molecule has 7 nitrogen and oxygen atoms in total. The fourth-order valence-corrected chi connectivity index (χ4v) is 7.07. The lowest BCUT2D eigenvalue weighted by Crippen LogP contribution is -2.48. The van der Waals surface area contributed by atoms with E-state index in [9.17, 15) is 14.9 Å². The van der Waals surface area contributed by atoms with E-state index < -0.39 is 10.8 Å². The third-order valence-corrected chi connectivity index (χ3v) is 7.89. The molecule has 146 valence electrons. The van der Waals surface area contributed by atoms with Crippen LogP contribution in [0.1, 0.15) is 59.5 Å². The minimum absolute atomic E-state index is 0.0524. The average Bonchev–Trinajstić information content (AvgIpc) is 3.09. The third-order valence-electron chi connectivity index (χ3n) is 6.80. The van der Waals surface area contributed by atoms with Crippen molar-refractivity contribution in [1.82, 2.24) is 10.2 Å². The van der Waals surface area contributed by atoms with Crippen molar-refractivity contribution in [1.29, 1.82) is 0 Å². The van der Waals surface area contributed by atoms with Crippen LogP contribution in [-0.2, 0) is 5.41 Å². The SMILES string of the molecule is Cc1cccc(C(=O)Nc2nnc(C34CC5CC(CC(C5)C3)C4)s2)c1[N+](=O)[O-]. The molecule has 1 amide bonds. The first-order valence-corrected chi connectivity index (χ1v) is 10.6. The summed E-state index contributed by atoms with van der Waals surface area (Å²) in [5, 5.41) is 24.2. The van der Waals surface area contributed by atoms with Gasteiger partial charge in [0, 0.05) is 11.0 Å². The summed E-state index contributed by atoms with van der Waals surface area (Å²) in [7, 11) is 0. The normalized spacial score (nSPS) is 30.4. The molecule has 0 aliphatic heterocycles. The summed E-state index contributed by atoms with van der Waals surface area (Å²) in [5.74, 6) is 1.91. The molecule has 0 unspecified atom stereocenters. The van der Waals surface area contributed by atoms with E-state index in [1.54, 1.807) is 19.1 Å². The number of carbonyl (C=O) groups is 1. The molecule has 0 spiro atoms. The van der Waals surface area contributed by atoms with E-state index in [2.05, 4.69) is 15.5 Å². The second kappa shape index (κ2) is 6.34. The molecule has 4 saturated carbocycles. The first-order chi connectivity index (χ1) is 13.4. The van der Waals surface area contributed by atoms with Gasteiger partial charge in [-0.3, -0.25) is 20.2 Å². The molecular weight excluding hydrogens is 376 g/mol. The van der Waals surface area contributed by atoms with Gasteiger partial charge in [-0.05, 0) is 69.3 Å². The Morgan fingerprint density at radius 3 is 2.43 bits per heavy atom. The topological polar surface area (TPSA) is 98.0 Å². The van der Waals surface area contributed by atoms with Crippen molar-refractivity contribution in [2.45, 2.75) is 50.9 Å². The van der Waals surface area contributed by atoms with Gasteiger partial charge in [-0.1, -0.05) is 23.5 Å². The van der Waals surface area contributed by atoms with Gasteiger partial charge in [0.15, 0.2) is 0 Å². The van der Waals surface area contributed by atoms with Crippen LogP contribution >= 0.6 is 11.3 Å². The highest BCUT2D eigenvalue weighted by Gasteiger charge is 2.53. The number of nitro benzene ring substituents is 1. The third kappa shape index (κ3) is 2.82. The maximum atomic E-state index is 12.7. The van der Waals surface area contributed by atoms with Crippen molar-refractivity contribution in [3.05, 3.63) is 44.4 Å².